The van der Waals surface area contributed by atoms with Crippen molar-refractivity contribution in [3.8, 4) is 0 Å². The Morgan fingerprint density at radius 2 is 1.62 bits per heavy atom. The third-order valence-electron chi connectivity index (χ3n) is 11.4. The number of alkyl halides is 2. The van der Waals surface area contributed by atoms with Crippen LogP contribution in [0.1, 0.15) is 64.2 Å². The third-order valence-corrected chi connectivity index (χ3v) is 11.4. The standard InChI is InChI=1S/C32H55F2N9O2/c33-22-16-38-30(43(19-22)23-6-2-1-3-7-23)27(29(35)36)31(44)39-26-18-37-17-25(34)28(26)41-13-8-21(9-14-41)32(45)42-15-10-24(20-42)40-11-4-5-12-40/h21-22,24-30,37-38H,1-20,35-36H2/p+1/t22?,24-,25?,26?,27?,28?,30?/m0/s1. The molecule has 5 aliphatic heterocycles. The van der Waals surface area contributed by atoms with E-state index in [0.29, 0.717) is 38.5 Å². The molecular formula is C32H56F2N9O2+. The van der Waals surface area contributed by atoms with Crippen molar-refractivity contribution < 1.29 is 22.9 Å². The molecule has 0 radical (unpaired) electrons. The zero-order chi connectivity index (χ0) is 31.5. The number of piperidine rings is 2. The Balaban J connectivity index is 1.08. The Kier molecular flexibility index (Phi) is 11.0. The van der Waals surface area contributed by atoms with Gasteiger partial charge in [-0.05, 0) is 71.1 Å². The quantitative estimate of drug-likeness (QED) is 0.191. The van der Waals surface area contributed by atoms with Gasteiger partial charge < -0.3 is 27.0 Å². The first-order valence-electron chi connectivity index (χ1n) is 17.7. The maximum atomic E-state index is 15.6. The topological polar surface area (TPSA) is 135 Å². The minimum Gasteiger partial charge on any atom is -0.350 e. The van der Waals surface area contributed by atoms with Crippen LogP contribution in [0.5, 0.6) is 0 Å². The van der Waals surface area contributed by atoms with E-state index in [1.165, 1.54) is 12.8 Å². The summed E-state index contributed by atoms with van der Waals surface area (Å²) in [7, 11) is 0. The average molecular weight is 637 g/mol. The molecule has 0 aromatic carbocycles. The summed E-state index contributed by atoms with van der Waals surface area (Å²) in [5.41, 5.74) is 13.7. The van der Waals surface area contributed by atoms with Crippen molar-refractivity contribution in [2.24, 2.45) is 23.3 Å². The highest BCUT2D eigenvalue weighted by Crippen LogP contribution is 2.29. The molecule has 7 N–H and O–H groups in total. The predicted molar refractivity (Wildman–Crippen MR) is 169 cm³/mol. The highest BCUT2D eigenvalue weighted by molar-refractivity contribution is 5.82. The van der Waals surface area contributed by atoms with Crippen LogP contribution >= 0.6 is 0 Å². The first kappa shape index (κ1) is 33.1. The molecule has 13 heteroatoms. The molecule has 6 unspecified atom stereocenters. The summed E-state index contributed by atoms with van der Waals surface area (Å²) in [5.74, 6) is -0.954. The van der Waals surface area contributed by atoms with Crippen LogP contribution in [0, 0.1) is 11.8 Å². The summed E-state index contributed by atoms with van der Waals surface area (Å²) >= 11 is 0. The van der Waals surface area contributed by atoms with E-state index < -0.39 is 42.7 Å². The monoisotopic (exact) mass is 636 g/mol. The van der Waals surface area contributed by atoms with Crippen molar-refractivity contribution in [1.29, 1.82) is 0 Å². The number of nitrogens with two attached hydrogens (primary N) is 2. The number of nitrogens with zero attached hydrogens (tertiary/aromatic N) is 4. The van der Waals surface area contributed by atoms with Gasteiger partial charge in [0.15, 0.2) is 18.4 Å². The highest BCUT2D eigenvalue weighted by Gasteiger charge is 2.47. The van der Waals surface area contributed by atoms with Crippen LogP contribution in [0.4, 0.5) is 8.78 Å². The smallest absolute Gasteiger partial charge is 0.234 e. The minimum absolute atomic E-state index is 0.0361. The van der Waals surface area contributed by atoms with Gasteiger partial charge in [-0.15, -0.1) is 0 Å². The van der Waals surface area contributed by atoms with Crippen molar-refractivity contribution in [2.45, 2.75) is 107 Å². The lowest BCUT2D eigenvalue weighted by Crippen LogP contribution is -2.69. The summed E-state index contributed by atoms with van der Waals surface area (Å²) in [5, 5.41) is 9.50. The van der Waals surface area contributed by atoms with Gasteiger partial charge in [0.05, 0.1) is 18.2 Å². The molecular weight excluding hydrogens is 580 g/mol. The Labute approximate surface area is 266 Å². The molecule has 11 nitrogen and oxygen atoms in total. The van der Waals surface area contributed by atoms with Gasteiger partial charge in [-0.3, -0.25) is 24.7 Å². The van der Waals surface area contributed by atoms with Crippen LogP contribution in [-0.4, -0.2) is 145 Å². The number of rotatable bonds is 7. The van der Waals surface area contributed by atoms with E-state index in [2.05, 4.69) is 30.7 Å². The van der Waals surface area contributed by atoms with E-state index >= 15 is 4.39 Å². The first-order valence-corrected chi connectivity index (χ1v) is 17.7. The summed E-state index contributed by atoms with van der Waals surface area (Å²) < 4.78 is 32.2. The average Bonchev–Trinajstić information content (AvgIpc) is 3.75. The van der Waals surface area contributed by atoms with Gasteiger partial charge in [0.25, 0.3) is 0 Å². The number of halogens is 2. The molecule has 6 aliphatic rings. The third kappa shape index (κ3) is 7.54. The minimum atomic E-state index is -1.17. The van der Waals surface area contributed by atoms with Crippen molar-refractivity contribution in [2.75, 3.05) is 65.4 Å². The van der Waals surface area contributed by atoms with E-state index in [1.807, 2.05) is 4.58 Å². The summed E-state index contributed by atoms with van der Waals surface area (Å²) in [4.78, 5) is 34.1. The number of hydrogen-bond acceptors (Lipinski definition) is 8. The molecule has 0 bridgehead atoms. The Morgan fingerprint density at radius 3 is 2.33 bits per heavy atom. The number of hydrogen-bond donors (Lipinski definition) is 5. The lowest BCUT2D eigenvalue weighted by molar-refractivity contribution is -0.596. The van der Waals surface area contributed by atoms with Gasteiger partial charge in [0, 0.05) is 57.5 Å². The fourth-order valence-corrected chi connectivity index (χ4v) is 8.99. The van der Waals surface area contributed by atoms with E-state index in [0.717, 1.165) is 70.4 Å². The number of carbonyl (C=O) groups excluding carboxylic acids is 2. The normalized spacial score (nSPS) is 35.3. The van der Waals surface area contributed by atoms with Gasteiger partial charge in [-0.1, -0.05) is 6.42 Å². The SMILES string of the molecule is NC(N)C(C(=O)NC1CNCC(F)C1N1CCC(C(=O)N2CC[C@H](N3CCCC3)C2)CC1)C1NCC(F)C[N+]1=C1CCCCC1. The second kappa shape index (κ2) is 15.0. The maximum Gasteiger partial charge on any atom is 0.234 e. The second-order valence-electron chi connectivity index (χ2n) is 14.4. The van der Waals surface area contributed by atoms with Crippen molar-refractivity contribution in [3.63, 3.8) is 0 Å². The lowest BCUT2D eigenvalue weighted by atomic mass is 9.89. The van der Waals surface area contributed by atoms with E-state index in [1.54, 1.807) is 0 Å². The summed E-state index contributed by atoms with van der Waals surface area (Å²) in [6, 6.07) is -0.502. The Bertz CT molecular complexity index is 1060. The van der Waals surface area contributed by atoms with E-state index in [9.17, 15) is 14.0 Å². The van der Waals surface area contributed by atoms with Gasteiger partial charge in [-0.25, -0.2) is 13.4 Å². The van der Waals surface area contributed by atoms with Crippen LogP contribution in [0.15, 0.2) is 0 Å². The van der Waals surface area contributed by atoms with Crippen LogP contribution in [-0.2, 0) is 9.59 Å². The molecule has 5 heterocycles. The fraction of sp³-hybridized carbons (Fsp3) is 0.906. The maximum absolute atomic E-state index is 15.6. The highest BCUT2D eigenvalue weighted by atomic mass is 19.1. The first-order chi connectivity index (χ1) is 21.8. The number of amides is 2. The van der Waals surface area contributed by atoms with Gasteiger partial charge >= 0.3 is 0 Å². The molecule has 45 heavy (non-hydrogen) atoms. The molecule has 0 spiro atoms. The molecule has 6 fully saturated rings. The summed E-state index contributed by atoms with van der Waals surface area (Å²) in [6.07, 6.45) is 6.27. The number of nitrogens with one attached hydrogen (secondary N) is 3. The second-order valence-corrected chi connectivity index (χ2v) is 14.4. The number of likely N-dealkylation sites (tertiary alicyclic amines) is 3. The Morgan fingerprint density at radius 1 is 0.889 bits per heavy atom. The zero-order valence-electron chi connectivity index (χ0n) is 26.9. The fourth-order valence-electron chi connectivity index (χ4n) is 8.99. The van der Waals surface area contributed by atoms with Crippen molar-refractivity contribution in [3.05, 3.63) is 0 Å². The van der Waals surface area contributed by atoms with Crippen LogP contribution in [0.25, 0.3) is 0 Å². The lowest BCUT2D eigenvalue weighted by Gasteiger charge is -2.45. The molecule has 0 aromatic heterocycles. The molecule has 7 atom stereocenters. The van der Waals surface area contributed by atoms with E-state index in [-0.39, 0.29) is 37.4 Å². The van der Waals surface area contributed by atoms with Crippen LogP contribution < -0.4 is 27.4 Å². The molecule has 1 saturated carbocycles. The van der Waals surface area contributed by atoms with Gasteiger partial charge in [-0.2, -0.15) is 0 Å². The van der Waals surface area contributed by atoms with Crippen molar-refractivity contribution >= 4 is 17.5 Å². The molecule has 6 rings (SSSR count). The predicted octanol–water partition coefficient (Wildman–Crippen LogP) is -0.265. The van der Waals surface area contributed by atoms with Gasteiger partial charge in [0.2, 0.25) is 18.0 Å². The molecule has 2 amide bonds. The zero-order valence-corrected chi connectivity index (χ0v) is 26.9. The number of carbonyl (C=O) groups is 2. The van der Waals surface area contributed by atoms with Crippen LogP contribution in [0.3, 0.4) is 0 Å². The molecule has 0 aromatic rings. The largest absolute Gasteiger partial charge is 0.350 e. The van der Waals surface area contributed by atoms with E-state index in [4.69, 9.17) is 11.5 Å². The molecule has 5 saturated heterocycles. The molecule has 254 valence electrons. The van der Waals surface area contributed by atoms with Crippen LogP contribution in [0.2, 0.25) is 0 Å². The van der Waals surface area contributed by atoms with Crippen molar-refractivity contribution in [1.82, 2.24) is 30.7 Å². The van der Waals surface area contributed by atoms with Gasteiger partial charge in [0.1, 0.15) is 12.1 Å². The summed E-state index contributed by atoms with van der Waals surface area (Å²) in [6.45, 7) is 6.19. The Hall–Kier alpha value is -1.77. The molecule has 1 aliphatic carbocycles.